The molecule has 30 heavy (non-hydrogen) atoms. The number of rotatable bonds is 4. The van der Waals surface area contributed by atoms with Crippen LogP contribution in [0.5, 0.6) is 5.75 Å². The highest BCUT2D eigenvalue weighted by Crippen LogP contribution is 2.34. The Morgan fingerprint density at radius 2 is 1.67 bits per heavy atom. The van der Waals surface area contributed by atoms with Crippen LogP contribution in [0.25, 0.3) is 0 Å². The first kappa shape index (κ1) is 20.3. The summed E-state index contributed by atoms with van der Waals surface area (Å²) in [4.78, 5) is 31.6. The summed E-state index contributed by atoms with van der Waals surface area (Å²) in [5, 5.41) is 0. The largest absolute Gasteiger partial charge is 0.487 e. The number of carbonyl (C=O) groups excluding carboxylic acids is 2. The smallest absolute Gasteiger partial charge is 0.227 e. The second-order valence-corrected chi connectivity index (χ2v) is 8.11. The first-order chi connectivity index (χ1) is 14.5. The molecule has 2 aliphatic rings. The minimum Gasteiger partial charge on any atom is -0.487 e. The van der Waals surface area contributed by atoms with E-state index in [4.69, 9.17) is 4.74 Å². The Bertz CT molecular complexity index is 907. The number of amides is 2. The Labute approximate surface area is 178 Å². The van der Waals surface area contributed by atoms with Gasteiger partial charge in [-0.1, -0.05) is 24.3 Å². The number of para-hydroxylation sites is 1. The van der Waals surface area contributed by atoms with Gasteiger partial charge in [-0.05, 0) is 43.7 Å². The van der Waals surface area contributed by atoms with Crippen LogP contribution in [0.1, 0.15) is 25.3 Å². The average Bonchev–Trinajstić information content (AvgIpc) is 2.77. The number of benzene rings is 2. The summed E-state index contributed by atoms with van der Waals surface area (Å²) in [7, 11) is 0. The molecule has 2 heterocycles. The molecule has 2 aromatic rings. The molecule has 0 unspecified atom stereocenters. The number of hydrogen-bond acceptors (Lipinski definition) is 4. The van der Waals surface area contributed by atoms with Crippen LogP contribution < -0.4 is 14.5 Å². The van der Waals surface area contributed by atoms with Crippen LogP contribution in [-0.2, 0) is 9.59 Å². The molecule has 0 bridgehead atoms. The molecule has 2 amide bonds. The Morgan fingerprint density at radius 3 is 2.40 bits per heavy atom. The van der Waals surface area contributed by atoms with E-state index in [1.54, 1.807) is 4.90 Å². The van der Waals surface area contributed by atoms with Gasteiger partial charge in [0.05, 0.1) is 12.2 Å². The van der Waals surface area contributed by atoms with E-state index in [1.807, 2.05) is 55.1 Å². The zero-order chi connectivity index (χ0) is 21.1. The number of piperazine rings is 1. The van der Waals surface area contributed by atoms with E-state index < -0.39 is 0 Å². The predicted molar refractivity (Wildman–Crippen MR) is 118 cm³/mol. The van der Waals surface area contributed by atoms with Crippen LogP contribution in [0.2, 0.25) is 0 Å². The topological polar surface area (TPSA) is 53.1 Å². The van der Waals surface area contributed by atoms with E-state index in [1.165, 1.54) is 5.69 Å². The van der Waals surface area contributed by atoms with Gasteiger partial charge >= 0.3 is 0 Å². The molecule has 1 atom stereocenters. The summed E-state index contributed by atoms with van der Waals surface area (Å²) in [5.74, 6) is 0.770. The van der Waals surface area contributed by atoms with Crippen LogP contribution in [0.15, 0.2) is 48.5 Å². The number of aryl methyl sites for hydroxylation is 1. The molecule has 0 aromatic heterocycles. The number of ether oxygens (including phenoxy) is 1. The second kappa shape index (κ2) is 8.78. The number of nitrogens with zero attached hydrogens (tertiary/aromatic N) is 3. The minimum absolute atomic E-state index is 0.0201. The van der Waals surface area contributed by atoms with Crippen molar-refractivity contribution >= 4 is 23.2 Å². The summed E-state index contributed by atoms with van der Waals surface area (Å²) in [6.07, 6.45) is 0.403. The van der Waals surface area contributed by atoms with Gasteiger partial charge in [0.2, 0.25) is 11.8 Å². The zero-order valence-corrected chi connectivity index (χ0v) is 17.7. The molecule has 158 valence electrons. The summed E-state index contributed by atoms with van der Waals surface area (Å²) in [6.45, 7) is 7.49. The zero-order valence-electron chi connectivity index (χ0n) is 17.7. The maximum absolute atomic E-state index is 12.9. The molecular formula is C24H29N3O3. The molecule has 0 aliphatic carbocycles. The fourth-order valence-electron chi connectivity index (χ4n) is 4.14. The molecule has 0 saturated carbocycles. The average molecular weight is 408 g/mol. The molecule has 6 heteroatoms. The molecule has 1 fully saturated rings. The third-order valence-electron chi connectivity index (χ3n) is 5.78. The maximum Gasteiger partial charge on any atom is 0.227 e. The molecule has 4 rings (SSSR count). The van der Waals surface area contributed by atoms with Crippen molar-refractivity contribution in [3.05, 3.63) is 54.1 Å². The lowest BCUT2D eigenvalue weighted by Gasteiger charge is -2.36. The van der Waals surface area contributed by atoms with Gasteiger partial charge in [-0.15, -0.1) is 0 Å². The number of anilines is 2. The van der Waals surface area contributed by atoms with Gasteiger partial charge in [-0.3, -0.25) is 9.59 Å². The third kappa shape index (κ3) is 4.42. The highest BCUT2D eigenvalue weighted by atomic mass is 16.5. The van der Waals surface area contributed by atoms with E-state index in [9.17, 15) is 9.59 Å². The lowest BCUT2D eigenvalue weighted by atomic mass is 10.1. The summed E-state index contributed by atoms with van der Waals surface area (Å²) in [5.41, 5.74) is 3.08. The molecule has 0 radical (unpaired) electrons. The number of hydrogen-bond donors (Lipinski definition) is 0. The Morgan fingerprint density at radius 1 is 0.967 bits per heavy atom. The van der Waals surface area contributed by atoms with Gasteiger partial charge in [0, 0.05) is 44.7 Å². The summed E-state index contributed by atoms with van der Waals surface area (Å²) >= 11 is 0. The molecule has 0 spiro atoms. The maximum atomic E-state index is 12.9. The Balaban J connectivity index is 1.31. The molecule has 0 N–H and O–H groups in total. The van der Waals surface area contributed by atoms with Gasteiger partial charge in [-0.25, -0.2) is 0 Å². The SMILES string of the molecule is Cc1ccc2c(c1)N(C(=O)CCC(=O)N1CCN(c3ccccc3)CC1)C[C@H](C)O2. The quantitative estimate of drug-likeness (QED) is 0.781. The standard InChI is InChI=1S/C24H29N3O3/c1-18-8-9-22-21(16-18)27(17-19(2)30-22)24(29)11-10-23(28)26-14-12-25(13-15-26)20-6-4-3-5-7-20/h3-9,16,19H,10-15,17H2,1-2H3/t19-/m0/s1. The van der Waals surface area contributed by atoms with Crippen molar-refractivity contribution in [3.8, 4) is 5.75 Å². The van der Waals surface area contributed by atoms with Gasteiger partial charge in [0.15, 0.2) is 0 Å². The second-order valence-electron chi connectivity index (χ2n) is 8.11. The van der Waals surface area contributed by atoms with Gasteiger partial charge in [0.1, 0.15) is 11.9 Å². The van der Waals surface area contributed by atoms with Crippen molar-refractivity contribution in [2.45, 2.75) is 32.8 Å². The van der Waals surface area contributed by atoms with Gasteiger partial charge in [-0.2, -0.15) is 0 Å². The normalized spacial score (nSPS) is 18.6. The molecule has 2 aliphatic heterocycles. The Hall–Kier alpha value is -3.02. The third-order valence-corrected chi connectivity index (χ3v) is 5.78. The fourth-order valence-corrected chi connectivity index (χ4v) is 4.14. The fraction of sp³-hybridized carbons (Fsp3) is 0.417. The van der Waals surface area contributed by atoms with E-state index in [0.717, 1.165) is 30.1 Å². The van der Waals surface area contributed by atoms with Crippen LogP contribution in [0.4, 0.5) is 11.4 Å². The van der Waals surface area contributed by atoms with E-state index in [2.05, 4.69) is 17.0 Å². The van der Waals surface area contributed by atoms with Crippen LogP contribution in [0, 0.1) is 6.92 Å². The van der Waals surface area contributed by atoms with Gasteiger partial charge in [0.25, 0.3) is 0 Å². The van der Waals surface area contributed by atoms with Crippen LogP contribution in [0.3, 0.4) is 0 Å². The molecule has 6 nitrogen and oxygen atoms in total. The highest BCUT2D eigenvalue weighted by molar-refractivity contribution is 5.97. The highest BCUT2D eigenvalue weighted by Gasteiger charge is 2.29. The number of carbonyl (C=O) groups is 2. The van der Waals surface area contributed by atoms with Crippen molar-refractivity contribution in [1.82, 2.24) is 4.90 Å². The first-order valence-electron chi connectivity index (χ1n) is 10.7. The molecule has 1 saturated heterocycles. The predicted octanol–water partition coefficient (Wildman–Crippen LogP) is 3.24. The monoisotopic (exact) mass is 407 g/mol. The first-order valence-corrected chi connectivity index (χ1v) is 10.7. The van der Waals surface area contributed by atoms with Crippen molar-refractivity contribution in [1.29, 1.82) is 0 Å². The van der Waals surface area contributed by atoms with E-state index in [-0.39, 0.29) is 30.8 Å². The van der Waals surface area contributed by atoms with Crippen molar-refractivity contribution in [2.75, 3.05) is 42.5 Å². The lowest BCUT2D eigenvalue weighted by molar-refractivity contribution is -0.133. The lowest BCUT2D eigenvalue weighted by Crippen LogP contribution is -2.49. The summed E-state index contributed by atoms with van der Waals surface area (Å²) < 4.78 is 5.86. The van der Waals surface area contributed by atoms with Crippen LogP contribution in [-0.4, -0.2) is 55.5 Å². The van der Waals surface area contributed by atoms with Crippen molar-refractivity contribution in [2.24, 2.45) is 0 Å². The van der Waals surface area contributed by atoms with Crippen LogP contribution >= 0.6 is 0 Å². The van der Waals surface area contributed by atoms with E-state index in [0.29, 0.717) is 19.6 Å². The van der Waals surface area contributed by atoms with Crippen molar-refractivity contribution < 1.29 is 14.3 Å². The summed E-state index contributed by atoms with van der Waals surface area (Å²) in [6, 6.07) is 16.1. The Kier molecular flexibility index (Phi) is 5.93. The van der Waals surface area contributed by atoms with Gasteiger partial charge < -0.3 is 19.4 Å². The molecular weight excluding hydrogens is 378 g/mol. The number of fused-ring (bicyclic) bond motifs is 1. The van der Waals surface area contributed by atoms with E-state index >= 15 is 0 Å². The van der Waals surface area contributed by atoms with Crippen molar-refractivity contribution in [3.63, 3.8) is 0 Å². The minimum atomic E-state index is -0.0640. The molecule has 2 aromatic carbocycles.